The summed E-state index contributed by atoms with van der Waals surface area (Å²) in [5.41, 5.74) is 0.0469. The number of halogens is 4. The molecule has 122 valence electrons. The maximum Gasteiger partial charge on any atom is 0.416 e. The lowest BCUT2D eigenvalue weighted by atomic mass is 10.1. The van der Waals surface area contributed by atoms with Crippen molar-refractivity contribution < 1.29 is 17.6 Å². The normalized spacial score (nSPS) is 15.1. The summed E-state index contributed by atoms with van der Waals surface area (Å²) in [7, 11) is 0. The molecule has 0 atom stereocenters. The standard InChI is InChI=1S/C16H10F4N4/c17-14-2-1-11(16(18,19)20)3-9(14)6-24-7-10-4-21-15-12(5-22-23-15)13(10)8-24/h1-5,8H,6-7H2. The molecule has 1 aromatic carbocycles. The van der Waals surface area contributed by atoms with Crippen LogP contribution in [0.1, 0.15) is 16.7 Å². The van der Waals surface area contributed by atoms with E-state index in [-0.39, 0.29) is 12.1 Å². The molecular formula is C16H10F4N4. The number of nitrogens with zero attached hydrogens (tertiary/aromatic N) is 4. The number of hydrogen-bond acceptors (Lipinski definition) is 4. The van der Waals surface area contributed by atoms with Gasteiger partial charge in [0.2, 0.25) is 0 Å². The summed E-state index contributed by atoms with van der Waals surface area (Å²) in [4.78, 5) is 5.92. The van der Waals surface area contributed by atoms with E-state index in [2.05, 4.69) is 15.2 Å². The van der Waals surface area contributed by atoms with Gasteiger partial charge in [0.1, 0.15) is 5.82 Å². The van der Waals surface area contributed by atoms with Gasteiger partial charge in [-0.3, -0.25) is 0 Å². The third-order valence-electron chi connectivity index (χ3n) is 3.99. The Morgan fingerprint density at radius 3 is 2.79 bits per heavy atom. The Morgan fingerprint density at radius 2 is 2.00 bits per heavy atom. The van der Waals surface area contributed by atoms with E-state index >= 15 is 0 Å². The summed E-state index contributed by atoms with van der Waals surface area (Å²) in [5.74, 6) is -0.149. The summed E-state index contributed by atoms with van der Waals surface area (Å²) in [5, 5.41) is 9.33. The summed E-state index contributed by atoms with van der Waals surface area (Å²) in [6.07, 6.45) is 0.530. The Morgan fingerprint density at radius 1 is 1.17 bits per heavy atom. The van der Waals surface area contributed by atoms with E-state index in [1.165, 1.54) is 0 Å². The minimum Gasteiger partial charge on any atom is -0.368 e. The summed E-state index contributed by atoms with van der Waals surface area (Å²) >= 11 is 0. The third kappa shape index (κ3) is 2.44. The molecule has 2 aromatic rings. The van der Waals surface area contributed by atoms with E-state index in [1.54, 1.807) is 23.5 Å². The van der Waals surface area contributed by atoms with Crippen LogP contribution >= 0.6 is 0 Å². The van der Waals surface area contributed by atoms with Crippen LogP contribution in [0.2, 0.25) is 0 Å². The van der Waals surface area contributed by atoms with E-state index in [1.807, 2.05) is 0 Å². The molecule has 24 heavy (non-hydrogen) atoms. The van der Waals surface area contributed by atoms with Crippen molar-refractivity contribution in [3.05, 3.63) is 57.3 Å². The fourth-order valence-electron chi connectivity index (χ4n) is 2.84. The molecule has 0 fully saturated rings. The van der Waals surface area contributed by atoms with Crippen LogP contribution in [0.25, 0.3) is 12.4 Å². The highest BCUT2D eigenvalue weighted by Crippen LogP contribution is 2.31. The van der Waals surface area contributed by atoms with Gasteiger partial charge in [0.15, 0.2) is 5.82 Å². The fourth-order valence-corrected chi connectivity index (χ4v) is 2.84. The van der Waals surface area contributed by atoms with Crippen LogP contribution in [0, 0.1) is 5.82 Å². The highest BCUT2D eigenvalue weighted by atomic mass is 19.4. The van der Waals surface area contributed by atoms with E-state index in [0.717, 1.165) is 34.2 Å². The Hall–Kier alpha value is -2.77. The van der Waals surface area contributed by atoms with Crippen LogP contribution < -0.4 is 10.4 Å². The van der Waals surface area contributed by atoms with Gasteiger partial charge < -0.3 is 4.90 Å². The third-order valence-corrected chi connectivity index (χ3v) is 3.99. The molecule has 1 aromatic heterocycles. The number of fused-ring (bicyclic) bond motifs is 3. The number of alkyl halides is 3. The minimum atomic E-state index is -4.50. The predicted octanol–water partition coefficient (Wildman–Crippen LogP) is 2.83. The molecule has 0 amide bonds. The van der Waals surface area contributed by atoms with E-state index in [9.17, 15) is 17.6 Å². The summed E-state index contributed by atoms with van der Waals surface area (Å²) in [6.45, 7) is 0.479. The Kier molecular flexibility index (Phi) is 3.16. The van der Waals surface area contributed by atoms with Crippen LogP contribution in [0.5, 0.6) is 0 Å². The van der Waals surface area contributed by atoms with E-state index < -0.39 is 17.6 Å². The van der Waals surface area contributed by atoms with Gasteiger partial charge in [-0.15, -0.1) is 5.11 Å². The molecule has 0 radical (unpaired) electrons. The van der Waals surface area contributed by atoms with Gasteiger partial charge in [-0.1, -0.05) is 0 Å². The van der Waals surface area contributed by atoms with Gasteiger partial charge in [-0.25, -0.2) is 9.37 Å². The lowest BCUT2D eigenvalue weighted by molar-refractivity contribution is -0.137. The zero-order valence-corrected chi connectivity index (χ0v) is 12.2. The molecule has 2 aliphatic rings. The van der Waals surface area contributed by atoms with E-state index in [4.69, 9.17) is 0 Å². The van der Waals surface area contributed by atoms with Crippen LogP contribution in [-0.4, -0.2) is 9.88 Å². The number of aromatic nitrogens is 1. The van der Waals surface area contributed by atoms with Crippen molar-refractivity contribution in [2.45, 2.75) is 19.3 Å². The SMILES string of the molecule is Fc1ccc(C(F)(F)F)cc1CN1C=c2c(cnc3c2=CN=N3)C1. The number of azo groups is 1. The van der Waals surface area contributed by atoms with Crippen molar-refractivity contribution in [3.8, 4) is 0 Å². The maximum absolute atomic E-state index is 13.9. The monoisotopic (exact) mass is 334 g/mol. The molecule has 0 unspecified atom stereocenters. The molecular weight excluding hydrogens is 324 g/mol. The van der Waals surface area contributed by atoms with Crippen molar-refractivity contribution in [1.82, 2.24) is 9.88 Å². The van der Waals surface area contributed by atoms with Crippen LogP contribution in [0.4, 0.5) is 23.4 Å². The molecule has 0 N–H and O–H groups in total. The average molecular weight is 334 g/mol. The maximum atomic E-state index is 13.9. The Bertz CT molecular complexity index is 979. The molecule has 0 aliphatic carbocycles. The van der Waals surface area contributed by atoms with Crippen LogP contribution in [0.3, 0.4) is 0 Å². The summed E-state index contributed by atoms with van der Waals surface area (Å²) in [6, 6.07) is 2.45. The van der Waals surface area contributed by atoms with Crippen LogP contribution in [-0.2, 0) is 19.3 Å². The van der Waals surface area contributed by atoms with Crippen LogP contribution in [0.15, 0.2) is 34.6 Å². The van der Waals surface area contributed by atoms with Crippen molar-refractivity contribution in [2.75, 3.05) is 0 Å². The first-order valence-corrected chi connectivity index (χ1v) is 7.12. The first-order valence-electron chi connectivity index (χ1n) is 7.12. The second-order valence-electron chi connectivity index (χ2n) is 5.62. The van der Waals surface area contributed by atoms with E-state index in [0.29, 0.717) is 12.4 Å². The second kappa shape index (κ2) is 5.12. The lowest BCUT2D eigenvalue weighted by Gasteiger charge is -2.17. The first-order chi connectivity index (χ1) is 11.4. The van der Waals surface area contributed by atoms with Gasteiger partial charge >= 0.3 is 6.18 Å². The zero-order valence-electron chi connectivity index (χ0n) is 12.2. The Labute approximate surface area is 133 Å². The largest absolute Gasteiger partial charge is 0.416 e. The first kappa shape index (κ1) is 14.8. The number of hydrogen-bond donors (Lipinski definition) is 0. The Balaban J connectivity index is 1.67. The van der Waals surface area contributed by atoms with Gasteiger partial charge in [-0.2, -0.15) is 18.3 Å². The average Bonchev–Trinajstić information content (AvgIpc) is 3.13. The predicted molar refractivity (Wildman–Crippen MR) is 77.6 cm³/mol. The molecule has 4 nitrogen and oxygen atoms in total. The number of benzene rings is 1. The molecule has 2 aliphatic heterocycles. The van der Waals surface area contributed by atoms with Crippen molar-refractivity contribution in [2.24, 2.45) is 10.2 Å². The lowest BCUT2D eigenvalue weighted by Crippen LogP contribution is -2.25. The summed E-state index contributed by atoms with van der Waals surface area (Å²) < 4.78 is 52.3. The smallest absolute Gasteiger partial charge is 0.368 e. The molecule has 0 bridgehead atoms. The quantitative estimate of drug-likeness (QED) is 0.793. The highest BCUT2D eigenvalue weighted by molar-refractivity contribution is 5.48. The fraction of sp³-hybridized carbons (Fsp3) is 0.188. The topological polar surface area (TPSA) is 40.9 Å². The van der Waals surface area contributed by atoms with Gasteiger partial charge in [0, 0.05) is 36.3 Å². The second-order valence-corrected chi connectivity index (χ2v) is 5.62. The van der Waals surface area contributed by atoms with Crippen molar-refractivity contribution in [1.29, 1.82) is 0 Å². The molecule has 0 saturated carbocycles. The minimum absolute atomic E-state index is 0.00293. The van der Waals surface area contributed by atoms with Gasteiger partial charge in [0.05, 0.1) is 17.0 Å². The van der Waals surface area contributed by atoms with Crippen molar-refractivity contribution >= 4 is 18.2 Å². The zero-order chi connectivity index (χ0) is 16.9. The molecule has 8 heteroatoms. The van der Waals surface area contributed by atoms with Gasteiger partial charge in [-0.05, 0) is 23.8 Å². The molecule has 4 rings (SSSR count). The molecule has 3 heterocycles. The number of rotatable bonds is 2. The van der Waals surface area contributed by atoms with Crippen molar-refractivity contribution in [3.63, 3.8) is 0 Å². The van der Waals surface area contributed by atoms with Gasteiger partial charge in [0.25, 0.3) is 0 Å². The molecule has 0 spiro atoms. The highest BCUT2D eigenvalue weighted by Gasteiger charge is 2.31. The molecule has 0 saturated heterocycles. The number of pyridine rings is 1.